The summed E-state index contributed by atoms with van der Waals surface area (Å²) in [4.78, 5) is 11.6. The van der Waals surface area contributed by atoms with Gasteiger partial charge in [0.1, 0.15) is 0 Å². The van der Waals surface area contributed by atoms with Crippen LogP contribution in [0.3, 0.4) is 0 Å². The largest absolute Gasteiger partial charge is 0.273 e. The van der Waals surface area contributed by atoms with E-state index in [-0.39, 0.29) is 18.2 Å². The van der Waals surface area contributed by atoms with Crippen molar-refractivity contribution in [2.75, 3.05) is 0 Å². The van der Waals surface area contributed by atoms with Gasteiger partial charge < -0.3 is 0 Å². The lowest BCUT2D eigenvalue weighted by atomic mass is 10.1. The Hall–Kier alpha value is -1.63. The van der Waals surface area contributed by atoms with Gasteiger partial charge in [-0.3, -0.25) is 4.79 Å². The molecule has 0 bridgehead atoms. The van der Waals surface area contributed by atoms with Crippen molar-refractivity contribution in [3.05, 3.63) is 17.5 Å². The fraction of sp³-hybridized carbons (Fsp3) is 0.500. The molecule has 0 saturated carbocycles. The molecule has 0 spiro atoms. The van der Waals surface area contributed by atoms with E-state index in [1.807, 2.05) is 26.0 Å². The number of carbonyl (C=O) groups excluding carboxylic acids is 1. The van der Waals surface area contributed by atoms with Gasteiger partial charge in [-0.2, -0.15) is 10.4 Å². The third-order valence-electron chi connectivity index (χ3n) is 1.95. The first-order valence-electron chi connectivity index (χ1n) is 4.50. The standard InChI is InChI=1S/C10H13N3O/c1-7(6-11)4-10(14)13-9(3)5-8(2)12-13/h5,7H,4H2,1-3H3/t7-/m0/s1. The summed E-state index contributed by atoms with van der Waals surface area (Å²) in [6.07, 6.45) is 0.221. The number of hydrogen-bond donors (Lipinski definition) is 0. The normalized spacial score (nSPS) is 12.1. The summed E-state index contributed by atoms with van der Waals surface area (Å²) >= 11 is 0. The highest BCUT2D eigenvalue weighted by atomic mass is 16.2. The number of carbonyl (C=O) groups is 1. The fourth-order valence-corrected chi connectivity index (χ4v) is 1.28. The van der Waals surface area contributed by atoms with Gasteiger partial charge >= 0.3 is 0 Å². The molecule has 1 atom stereocenters. The maximum atomic E-state index is 11.6. The second-order valence-corrected chi connectivity index (χ2v) is 3.47. The molecular formula is C10H13N3O. The van der Waals surface area contributed by atoms with Crippen LogP contribution < -0.4 is 0 Å². The van der Waals surface area contributed by atoms with E-state index >= 15 is 0 Å². The van der Waals surface area contributed by atoms with Gasteiger partial charge in [0.2, 0.25) is 5.91 Å². The number of rotatable bonds is 2. The van der Waals surface area contributed by atoms with E-state index in [4.69, 9.17) is 5.26 Å². The Bertz CT molecular complexity index is 387. The predicted octanol–water partition coefficient (Wildman–Crippen LogP) is 1.69. The molecule has 4 nitrogen and oxygen atoms in total. The zero-order chi connectivity index (χ0) is 10.7. The van der Waals surface area contributed by atoms with Gasteiger partial charge in [0, 0.05) is 12.1 Å². The molecule has 0 saturated heterocycles. The van der Waals surface area contributed by atoms with Crippen LogP contribution in [0.25, 0.3) is 0 Å². The van der Waals surface area contributed by atoms with Crippen molar-refractivity contribution in [1.29, 1.82) is 5.26 Å². The number of aromatic nitrogens is 2. The fourth-order valence-electron chi connectivity index (χ4n) is 1.28. The second kappa shape index (κ2) is 4.05. The highest BCUT2D eigenvalue weighted by molar-refractivity contribution is 5.79. The molecule has 0 fully saturated rings. The second-order valence-electron chi connectivity index (χ2n) is 3.47. The van der Waals surface area contributed by atoms with Crippen LogP contribution in [0.1, 0.15) is 29.5 Å². The molecule has 0 N–H and O–H groups in total. The number of nitrogens with zero attached hydrogens (tertiary/aromatic N) is 3. The van der Waals surface area contributed by atoms with E-state index in [9.17, 15) is 4.79 Å². The maximum absolute atomic E-state index is 11.6. The average Bonchev–Trinajstić information content (AvgIpc) is 2.45. The summed E-state index contributed by atoms with van der Waals surface area (Å²) in [7, 11) is 0. The van der Waals surface area contributed by atoms with Crippen molar-refractivity contribution < 1.29 is 4.79 Å². The molecular weight excluding hydrogens is 178 g/mol. The lowest BCUT2D eigenvalue weighted by molar-refractivity contribution is 0.0873. The molecule has 0 aromatic carbocycles. The Morgan fingerprint density at radius 2 is 2.36 bits per heavy atom. The molecule has 1 heterocycles. The Morgan fingerprint density at radius 3 is 2.79 bits per heavy atom. The molecule has 1 aromatic heterocycles. The van der Waals surface area contributed by atoms with Crippen molar-refractivity contribution in [3.63, 3.8) is 0 Å². The summed E-state index contributed by atoms with van der Waals surface area (Å²) in [6, 6.07) is 3.87. The molecule has 0 aliphatic carbocycles. The zero-order valence-electron chi connectivity index (χ0n) is 8.61. The lowest BCUT2D eigenvalue weighted by Gasteiger charge is -2.03. The summed E-state index contributed by atoms with van der Waals surface area (Å²) in [5, 5.41) is 12.6. The molecule has 74 valence electrons. The Balaban J connectivity index is 2.80. The van der Waals surface area contributed by atoms with Gasteiger partial charge in [-0.15, -0.1) is 0 Å². The monoisotopic (exact) mass is 191 g/mol. The van der Waals surface area contributed by atoms with Crippen LogP contribution in [0.15, 0.2) is 6.07 Å². The van der Waals surface area contributed by atoms with Gasteiger partial charge in [-0.25, -0.2) is 4.68 Å². The molecule has 1 aromatic rings. The SMILES string of the molecule is Cc1cc(C)n(C(=O)C[C@H](C)C#N)n1. The van der Waals surface area contributed by atoms with Gasteiger partial charge in [0.15, 0.2) is 0 Å². The number of aryl methyl sites for hydroxylation is 2. The van der Waals surface area contributed by atoms with Crippen LogP contribution in [0.2, 0.25) is 0 Å². The molecule has 1 rings (SSSR count). The van der Waals surface area contributed by atoms with E-state index in [1.165, 1.54) is 4.68 Å². The first-order chi connectivity index (χ1) is 6.54. The molecule has 14 heavy (non-hydrogen) atoms. The average molecular weight is 191 g/mol. The van der Waals surface area contributed by atoms with Crippen LogP contribution in [-0.4, -0.2) is 15.7 Å². The van der Waals surface area contributed by atoms with E-state index in [0.29, 0.717) is 0 Å². The van der Waals surface area contributed by atoms with Gasteiger partial charge in [-0.1, -0.05) is 0 Å². The minimum atomic E-state index is -0.258. The minimum Gasteiger partial charge on any atom is -0.273 e. The van der Waals surface area contributed by atoms with Crippen molar-refractivity contribution in [3.8, 4) is 6.07 Å². The lowest BCUT2D eigenvalue weighted by Crippen LogP contribution is -2.16. The first kappa shape index (κ1) is 10.5. The van der Waals surface area contributed by atoms with Crippen molar-refractivity contribution >= 4 is 5.91 Å². The first-order valence-corrected chi connectivity index (χ1v) is 4.50. The van der Waals surface area contributed by atoms with Gasteiger partial charge in [0.05, 0.1) is 17.7 Å². The summed E-state index contributed by atoms with van der Waals surface area (Å²) in [6.45, 7) is 5.39. The quantitative estimate of drug-likeness (QED) is 0.714. The number of hydrogen-bond acceptors (Lipinski definition) is 3. The highest BCUT2D eigenvalue weighted by Crippen LogP contribution is 2.06. The molecule has 0 aliphatic rings. The summed E-state index contributed by atoms with van der Waals surface area (Å²) in [5.74, 6) is -0.379. The highest BCUT2D eigenvalue weighted by Gasteiger charge is 2.13. The summed E-state index contributed by atoms with van der Waals surface area (Å²) < 4.78 is 1.36. The molecule has 0 aliphatic heterocycles. The van der Waals surface area contributed by atoms with Crippen molar-refractivity contribution in [1.82, 2.24) is 9.78 Å². The van der Waals surface area contributed by atoms with Crippen LogP contribution in [0.4, 0.5) is 0 Å². The Kier molecular flexibility index (Phi) is 3.03. The van der Waals surface area contributed by atoms with Gasteiger partial charge in [0.25, 0.3) is 0 Å². The number of nitriles is 1. The van der Waals surface area contributed by atoms with Crippen molar-refractivity contribution in [2.24, 2.45) is 5.92 Å². The molecule has 0 radical (unpaired) electrons. The minimum absolute atomic E-state index is 0.121. The summed E-state index contributed by atoms with van der Waals surface area (Å²) in [5.41, 5.74) is 1.64. The third-order valence-corrected chi connectivity index (χ3v) is 1.95. The molecule has 0 unspecified atom stereocenters. The maximum Gasteiger partial charge on any atom is 0.248 e. The van der Waals surface area contributed by atoms with E-state index in [0.717, 1.165) is 11.4 Å². The predicted molar refractivity (Wildman–Crippen MR) is 51.7 cm³/mol. The van der Waals surface area contributed by atoms with Crippen molar-refractivity contribution in [2.45, 2.75) is 27.2 Å². The van der Waals surface area contributed by atoms with E-state index < -0.39 is 0 Å². The smallest absolute Gasteiger partial charge is 0.248 e. The van der Waals surface area contributed by atoms with E-state index in [2.05, 4.69) is 5.10 Å². The topological polar surface area (TPSA) is 58.7 Å². The third kappa shape index (κ3) is 2.19. The van der Waals surface area contributed by atoms with Crippen LogP contribution in [0.5, 0.6) is 0 Å². The Labute approximate surface area is 83.1 Å². The zero-order valence-corrected chi connectivity index (χ0v) is 8.61. The van der Waals surface area contributed by atoms with E-state index in [1.54, 1.807) is 6.92 Å². The Morgan fingerprint density at radius 1 is 1.71 bits per heavy atom. The van der Waals surface area contributed by atoms with Crippen LogP contribution in [0, 0.1) is 31.1 Å². The van der Waals surface area contributed by atoms with Crippen LogP contribution in [-0.2, 0) is 0 Å². The van der Waals surface area contributed by atoms with Crippen LogP contribution >= 0.6 is 0 Å². The molecule has 0 amide bonds. The molecule has 4 heteroatoms. The van der Waals surface area contributed by atoms with Gasteiger partial charge in [-0.05, 0) is 26.8 Å².